The smallest absolute Gasteiger partial charge is 0.165 e. The summed E-state index contributed by atoms with van der Waals surface area (Å²) in [7, 11) is 0. The fourth-order valence-corrected chi connectivity index (χ4v) is 2.14. The zero-order valence-electron chi connectivity index (χ0n) is 9.19. The van der Waals surface area contributed by atoms with E-state index >= 15 is 0 Å². The van der Waals surface area contributed by atoms with Gasteiger partial charge in [-0.05, 0) is 12.8 Å². The second-order valence-electron chi connectivity index (χ2n) is 4.18. The number of aromatic nitrogens is 4. The topological polar surface area (TPSA) is 89.9 Å². The van der Waals surface area contributed by atoms with Crippen LogP contribution in [0, 0.1) is 0 Å². The Hall–Kier alpha value is -1.95. The summed E-state index contributed by atoms with van der Waals surface area (Å²) >= 11 is 0. The summed E-state index contributed by atoms with van der Waals surface area (Å²) in [5.74, 6) is 0.397. The van der Waals surface area contributed by atoms with Gasteiger partial charge in [0.15, 0.2) is 11.5 Å². The Balaban J connectivity index is 2.07. The number of nitrogens with two attached hydrogens (primary N) is 1. The van der Waals surface area contributed by atoms with Gasteiger partial charge in [0, 0.05) is 0 Å². The van der Waals surface area contributed by atoms with Gasteiger partial charge in [0.05, 0.1) is 18.5 Å². The maximum absolute atomic E-state index is 9.42. The molecule has 3 N–H and O–H groups in total. The van der Waals surface area contributed by atoms with Crippen LogP contribution in [0.25, 0.3) is 11.2 Å². The van der Waals surface area contributed by atoms with Crippen LogP contribution in [0.15, 0.2) is 24.8 Å². The summed E-state index contributed by atoms with van der Waals surface area (Å²) in [5.41, 5.74) is 7.11. The van der Waals surface area contributed by atoms with E-state index in [4.69, 9.17) is 5.73 Å². The number of nitrogen functional groups attached to an aromatic ring is 1. The molecule has 0 amide bonds. The Morgan fingerprint density at radius 1 is 1.24 bits per heavy atom. The number of allylic oxidation sites excluding steroid dienone is 1. The lowest BCUT2D eigenvalue weighted by Gasteiger charge is -2.20. The highest BCUT2D eigenvalue weighted by Crippen LogP contribution is 2.26. The molecule has 0 radical (unpaired) electrons. The van der Waals surface area contributed by atoms with Crippen molar-refractivity contribution in [2.24, 2.45) is 0 Å². The second kappa shape index (κ2) is 3.81. The van der Waals surface area contributed by atoms with Crippen molar-refractivity contribution in [1.82, 2.24) is 19.5 Å². The van der Waals surface area contributed by atoms with E-state index in [0.717, 1.165) is 18.5 Å². The molecule has 2 aromatic heterocycles. The minimum Gasteiger partial charge on any atom is -0.389 e. The highest BCUT2D eigenvalue weighted by atomic mass is 16.3. The molecule has 2 heterocycles. The van der Waals surface area contributed by atoms with Crippen molar-refractivity contribution in [1.29, 1.82) is 0 Å². The number of hydrogen-bond donors (Lipinski definition) is 2. The molecule has 0 spiro atoms. The van der Waals surface area contributed by atoms with Crippen LogP contribution in [0.2, 0.25) is 0 Å². The number of aliphatic hydroxyl groups is 1. The molecule has 3 rings (SSSR count). The normalized spacial score (nSPS) is 24.3. The van der Waals surface area contributed by atoms with E-state index in [-0.39, 0.29) is 12.1 Å². The van der Waals surface area contributed by atoms with Gasteiger partial charge in [0.25, 0.3) is 0 Å². The van der Waals surface area contributed by atoms with Gasteiger partial charge < -0.3 is 15.4 Å². The van der Waals surface area contributed by atoms with Crippen LogP contribution in [-0.2, 0) is 0 Å². The third kappa shape index (κ3) is 1.66. The number of rotatable bonds is 1. The molecule has 0 aromatic carbocycles. The van der Waals surface area contributed by atoms with Gasteiger partial charge >= 0.3 is 0 Å². The molecule has 2 atom stereocenters. The monoisotopic (exact) mass is 231 g/mol. The van der Waals surface area contributed by atoms with E-state index in [1.54, 1.807) is 6.33 Å². The molecule has 2 unspecified atom stereocenters. The average molecular weight is 231 g/mol. The summed E-state index contributed by atoms with van der Waals surface area (Å²) in [5, 5.41) is 9.42. The molecule has 2 aromatic rings. The molecule has 0 saturated heterocycles. The van der Waals surface area contributed by atoms with Gasteiger partial charge in [-0.25, -0.2) is 15.0 Å². The molecule has 6 heteroatoms. The first-order valence-corrected chi connectivity index (χ1v) is 5.55. The van der Waals surface area contributed by atoms with Gasteiger partial charge in [-0.15, -0.1) is 0 Å². The highest BCUT2D eigenvalue weighted by Gasteiger charge is 2.18. The molecular weight excluding hydrogens is 218 g/mol. The van der Waals surface area contributed by atoms with Crippen LogP contribution >= 0.6 is 0 Å². The minimum absolute atomic E-state index is 0.178. The Morgan fingerprint density at radius 2 is 2.12 bits per heavy atom. The number of hydrogen-bond acceptors (Lipinski definition) is 5. The predicted molar refractivity (Wildman–Crippen MR) is 63.2 cm³/mol. The summed E-state index contributed by atoms with van der Waals surface area (Å²) in [6.45, 7) is 0. The second-order valence-corrected chi connectivity index (χ2v) is 4.18. The fourth-order valence-electron chi connectivity index (χ4n) is 2.14. The summed E-state index contributed by atoms with van der Waals surface area (Å²) in [6.07, 6.45) is 8.24. The summed E-state index contributed by atoms with van der Waals surface area (Å²) in [6, 6.07) is 0.178. The largest absolute Gasteiger partial charge is 0.389 e. The van der Waals surface area contributed by atoms with Gasteiger partial charge in [-0.3, -0.25) is 0 Å². The summed E-state index contributed by atoms with van der Waals surface area (Å²) < 4.78 is 1.97. The van der Waals surface area contributed by atoms with Crippen molar-refractivity contribution in [3.8, 4) is 0 Å². The molecule has 1 aliphatic carbocycles. The van der Waals surface area contributed by atoms with Gasteiger partial charge in [0.1, 0.15) is 11.8 Å². The van der Waals surface area contributed by atoms with E-state index in [9.17, 15) is 5.11 Å². The predicted octanol–water partition coefficient (Wildman–Crippen LogP) is 0.660. The molecule has 0 saturated carbocycles. The van der Waals surface area contributed by atoms with Crippen molar-refractivity contribution >= 4 is 17.0 Å². The Labute approximate surface area is 97.8 Å². The van der Waals surface area contributed by atoms with Gasteiger partial charge in [-0.2, -0.15) is 0 Å². The van der Waals surface area contributed by atoms with E-state index in [1.807, 2.05) is 16.7 Å². The first-order valence-electron chi connectivity index (χ1n) is 5.55. The van der Waals surface area contributed by atoms with Gasteiger partial charge in [-0.1, -0.05) is 12.2 Å². The van der Waals surface area contributed by atoms with Crippen molar-refractivity contribution in [2.45, 2.75) is 25.0 Å². The van der Waals surface area contributed by atoms with Crippen LogP contribution in [0.4, 0.5) is 5.82 Å². The zero-order chi connectivity index (χ0) is 11.8. The Kier molecular flexibility index (Phi) is 2.29. The third-order valence-corrected chi connectivity index (χ3v) is 3.06. The molecular formula is C11H13N5O. The Morgan fingerprint density at radius 3 is 2.88 bits per heavy atom. The fraction of sp³-hybridized carbons (Fsp3) is 0.364. The maximum atomic E-state index is 9.42. The maximum Gasteiger partial charge on any atom is 0.165 e. The Bertz CT molecular complexity index is 576. The lowest BCUT2D eigenvalue weighted by molar-refractivity contribution is 0.195. The molecule has 6 nitrogen and oxygen atoms in total. The first-order chi connectivity index (χ1) is 8.25. The molecule has 88 valence electrons. The lowest BCUT2D eigenvalue weighted by atomic mass is 10.0. The van der Waals surface area contributed by atoms with Crippen molar-refractivity contribution in [2.75, 3.05) is 5.73 Å². The van der Waals surface area contributed by atoms with E-state index in [0.29, 0.717) is 11.3 Å². The average Bonchev–Trinajstić information content (AvgIpc) is 2.75. The number of imidazole rings is 1. The molecule has 0 aliphatic heterocycles. The van der Waals surface area contributed by atoms with Crippen molar-refractivity contribution in [3.05, 3.63) is 24.8 Å². The number of nitrogens with zero attached hydrogens (tertiary/aromatic N) is 4. The number of fused-ring (bicyclic) bond motifs is 1. The minimum atomic E-state index is -0.333. The van der Waals surface area contributed by atoms with Crippen molar-refractivity contribution in [3.63, 3.8) is 0 Å². The molecule has 1 aliphatic rings. The van der Waals surface area contributed by atoms with Crippen LogP contribution < -0.4 is 5.73 Å². The van der Waals surface area contributed by atoms with Crippen molar-refractivity contribution < 1.29 is 5.11 Å². The third-order valence-electron chi connectivity index (χ3n) is 3.06. The summed E-state index contributed by atoms with van der Waals surface area (Å²) in [4.78, 5) is 12.3. The number of aliphatic hydroxyl groups excluding tert-OH is 1. The van der Waals surface area contributed by atoms with Crippen LogP contribution in [0.5, 0.6) is 0 Å². The van der Waals surface area contributed by atoms with Crippen LogP contribution in [0.3, 0.4) is 0 Å². The first kappa shape index (κ1) is 10.2. The van der Waals surface area contributed by atoms with Crippen LogP contribution in [0.1, 0.15) is 18.9 Å². The van der Waals surface area contributed by atoms with E-state index in [1.165, 1.54) is 6.33 Å². The standard InChI is InChI=1S/C11H13N5O/c12-10-9-11(14-5-13-10)16(6-15-9)7-1-3-8(17)4-2-7/h1,3,5-8,17H,2,4H2,(H2,12,13,14). The molecule has 17 heavy (non-hydrogen) atoms. The van der Waals surface area contributed by atoms with E-state index < -0.39 is 0 Å². The zero-order valence-corrected chi connectivity index (χ0v) is 9.19. The molecule has 0 bridgehead atoms. The van der Waals surface area contributed by atoms with Crippen LogP contribution in [-0.4, -0.2) is 30.7 Å². The SMILES string of the molecule is Nc1ncnc2c1ncn2C1C=CC(O)CC1. The lowest BCUT2D eigenvalue weighted by Crippen LogP contribution is -2.15. The quantitative estimate of drug-likeness (QED) is 0.704. The van der Waals surface area contributed by atoms with Gasteiger partial charge in [0.2, 0.25) is 0 Å². The highest BCUT2D eigenvalue weighted by molar-refractivity contribution is 5.81. The van der Waals surface area contributed by atoms with E-state index in [2.05, 4.69) is 15.0 Å². The number of anilines is 1. The molecule has 0 fully saturated rings.